The predicted octanol–water partition coefficient (Wildman–Crippen LogP) is 10.7. The van der Waals surface area contributed by atoms with Gasteiger partial charge in [0.15, 0.2) is 29.1 Å². The van der Waals surface area contributed by atoms with Crippen LogP contribution in [0.2, 0.25) is 10.0 Å². The number of aromatic nitrogens is 16. The number of hydrogen-bond donors (Lipinski definition) is 0. The molecule has 0 fully saturated rings. The lowest BCUT2D eigenvalue weighted by Gasteiger charge is -2.30. The largest absolute Gasteiger partial charge is 0.450 e. The van der Waals surface area contributed by atoms with Gasteiger partial charge < -0.3 is 51.7 Å². The lowest BCUT2D eigenvalue weighted by molar-refractivity contribution is 0.0194. The van der Waals surface area contributed by atoms with E-state index in [4.69, 9.17) is 47.9 Å². The van der Waals surface area contributed by atoms with Gasteiger partial charge in [0.05, 0.1) is 69.2 Å². The number of nitriles is 2. The van der Waals surface area contributed by atoms with Crippen molar-refractivity contribution >= 4 is 53.4 Å². The zero-order chi connectivity index (χ0) is 88.7. The highest BCUT2D eigenvalue weighted by Crippen LogP contribution is 2.23. The number of fused-ring (bicyclic) bond motifs is 5. The highest BCUT2D eigenvalue weighted by atomic mass is 35.5. The first-order valence-electron chi connectivity index (χ1n) is 39.5. The Hall–Kier alpha value is -15.3. The number of pyridine rings is 1. The number of carbonyl (C=O) groups is 5. The minimum absolute atomic E-state index is 0.0270. The maximum Gasteiger partial charge on any atom is 0.410 e. The molecule has 0 spiro atoms. The van der Waals surface area contributed by atoms with Crippen LogP contribution >= 0.6 is 23.2 Å². The SMILES string of the molecule is CC(C)(C)OC(=O)N1CCn2c(C#Cc3cc(F)cc(C#N)c3)nnc2C1.CCN(C)C(=O)N1CCn2c(C#Cc3cccc(C)c3)nnc2C1.CCOC(=O)N1CCn2c(C#Cc3cc(Cl)ccn3)nnc2C1.CCOC(=O)N1CCn2c(C#Cc3cc(F)cc(C#N)c3)nnc2C1.O=C(c1cccc(Cl)c1)N1CCn2c(C#Cc3ccccc3)nnc2C1. The Morgan fingerprint density at radius 2 is 0.816 bits per heavy atom. The van der Waals surface area contributed by atoms with E-state index in [1.54, 1.807) is 92.9 Å². The minimum atomic E-state index is -0.563. The number of halogens is 4. The zero-order valence-electron chi connectivity index (χ0n) is 69.4. The van der Waals surface area contributed by atoms with E-state index in [0.29, 0.717) is 190 Å². The molecule has 634 valence electrons. The van der Waals surface area contributed by atoms with E-state index in [2.05, 4.69) is 115 Å². The van der Waals surface area contributed by atoms with Crippen LogP contribution < -0.4 is 0 Å². The molecule has 0 radical (unpaired) electrons. The van der Waals surface area contributed by atoms with E-state index in [1.165, 1.54) is 29.8 Å². The molecule has 5 aliphatic rings. The summed E-state index contributed by atoms with van der Waals surface area (Å²) in [5.41, 5.74) is 4.84. The van der Waals surface area contributed by atoms with E-state index < -0.39 is 23.3 Å². The van der Waals surface area contributed by atoms with Crippen LogP contribution in [-0.4, -0.2) is 204 Å². The average molecular weight is 1720 g/mol. The standard InChI is InChI=1S/C20H15ClN4O.C19H18FN5O2.C18H21N5O.C17H14FN5O2.C15H14ClN5O2/c21-17-8-4-7-16(13-17)20(26)24-11-12-25-18(22-23-19(25)14-24)10-9-15-5-2-1-3-6-15;1-19(2,3)27-18(26)24-6-7-25-16(22-23-17(25)12-24)5-4-13-8-14(11-21)10-15(20)9-13;1-4-21(3)18(24)22-10-11-23-16(19-20-17(23)13-22)9-8-15-7-5-6-14(2)12-15;1-2-25-17(24)22-5-6-23-15(20-21-16(23)11-22)4-3-12-7-13(10-19)9-14(18)8-12;1-2-23-15(22)20-7-8-21-13(18-19-14(21)10-20)4-3-12-9-11(16)5-6-17-12/h1-8,13H,11-12,14H2;8-10H,6-7,12H2,1-3H3;5-7,12H,4,10-11,13H2,1-3H3;7-9H,2,5-6,11H2,1H3;5-6,9H,2,7-8,10H2,1H3. The monoisotopic (exact) mass is 1720 g/mol. The van der Waals surface area contributed by atoms with Gasteiger partial charge in [0.25, 0.3) is 5.91 Å². The number of amides is 6. The number of nitrogens with zero attached hydrogens (tertiary/aromatic N) is 24. The lowest BCUT2D eigenvalue weighted by atomic mass is 10.1. The van der Waals surface area contributed by atoms with Crippen molar-refractivity contribution in [2.75, 3.05) is 59.5 Å². The molecule has 5 aliphatic heterocycles. The van der Waals surface area contributed by atoms with Gasteiger partial charge in [-0.3, -0.25) is 19.5 Å². The second-order valence-electron chi connectivity index (χ2n) is 29.1. The quantitative estimate of drug-likeness (QED) is 0.117. The smallest absolute Gasteiger partial charge is 0.410 e. The number of aryl methyl sites for hydroxylation is 1. The van der Waals surface area contributed by atoms with Gasteiger partial charge in [-0.25, -0.2) is 32.9 Å². The molecule has 6 aromatic heterocycles. The summed E-state index contributed by atoms with van der Waals surface area (Å²) in [6, 6.07) is 39.8. The van der Waals surface area contributed by atoms with Crippen molar-refractivity contribution in [2.24, 2.45) is 0 Å². The molecule has 125 heavy (non-hydrogen) atoms. The van der Waals surface area contributed by atoms with Crippen LogP contribution in [0, 0.1) is 100 Å². The molecule has 32 nitrogen and oxygen atoms in total. The summed E-state index contributed by atoms with van der Waals surface area (Å²) in [5, 5.41) is 60.0. The van der Waals surface area contributed by atoms with Gasteiger partial charge in [-0.2, -0.15) is 10.5 Å². The van der Waals surface area contributed by atoms with Gasteiger partial charge in [0, 0.05) is 123 Å². The maximum absolute atomic E-state index is 13.5. The number of rotatable bonds is 4. The fraction of sp³-hybridized carbons (Fsp3) is 0.303. The third-order valence-corrected chi connectivity index (χ3v) is 19.5. The summed E-state index contributed by atoms with van der Waals surface area (Å²) in [6.45, 7) is 21.7. The van der Waals surface area contributed by atoms with E-state index in [9.17, 15) is 32.8 Å². The molecule has 0 atom stereocenters. The fourth-order valence-electron chi connectivity index (χ4n) is 12.8. The number of ether oxygens (including phenoxy) is 3. The highest BCUT2D eigenvalue weighted by Gasteiger charge is 2.32. The van der Waals surface area contributed by atoms with Crippen molar-refractivity contribution in [1.82, 2.24) is 108 Å². The van der Waals surface area contributed by atoms with Crippen molar-refractivity contribution in [3.63, 3.8) is 0 Å². The van der Waals surface area contributed by atoms with Crippen LogP contribution in [0.3, 0.4) is 0 Å². The lowest BCUT2D eigenvalue weighted by Crippen LogP contribution is -2.45. The van der Waals surface area contributed by atoms with E-state index in [0.717, 1.165) is 34.9 Å². The van der Waals surface area contributed by atoms with Crippen LogP contribution in [0.1, 0.15) is 155 Å². The summed E-state index contributed by atoms with van der Waals surface area (Å²) < 4.78 is 51.8. The summed E-state index contributed by atoms with van der Waals surface area (Å²) in [7, 11) is 1.81. The number of urea groups is 1. The Morgan fingerprint density at radius 3 is 1.25 bits per heavy atom. The van der Waals surface area contributed by atoms with Gasteiger partial charge in [-0.05, 0) is 181 Å². The van der Waals surface area contributed by atoms with Gasteiger partial charge in [-0.15, -0.1) is 51.0 Å². The molecule has 36 heteroatoms. The number of carbonyl (C=O) groups excluding carboxylic acids is 5. The molecule has 6 amide bonds. The normalized spacial score (nSPS) is 13.0. The first kappa shape index (κ1) is 89.0. The van der Waals surface area contributed by atoms with Crippen LogP contribution in [0.4, 0.5) is 28.0 Å². The Morgan fingerprint density at radius 1 is 0.424 bits per heavy atom. The van der Waals surface area contributed by atoms with Gasteiger partial charge in [0.2, 0.25) is 29.1 Å². The predicted molar refractivity (Wildman–Crippen MR) is 451 cm³/mol. The molecule has 0 saturated heterocycles. The van der Waals surface area contributed by atoms with Crippen LogP contribution in [-0.2, 0) is 79.7 Å². The van der Waals surface area contributed by atoms with Crippen molar-refractivity contribution in [3.05, 3.63) is 264 Å². The molecule has 16 rings (SSSR count). The molecular formula is C89H82Cl2F2N24O8. The average Bonchev–Trinajstić information content (AvgIpc) is 1.76. The number of benzene rings is 5. The Labute approximate surface area is 729 Å². The van der Waals surface area contributed by atoms with Crippen LogP contribution in [0.15, 0.2) is 134 Å². The highest BCUT2D eigenvalue weighted by molar-refractivity contribution is 6.31. The maximum atomic E-state index is 13.5. The molecule has 0 N–H and O–H groups in total. The van der Waals surface area contributed by atoms with Crippen LogP contribution in [0.5, 0.6) is 0 Å². The molecule has 0 aliphatic carbocycles. The number of hydrogen-bond acceptors (Lipinski definition) is 21. The zero-order valence-corrected chi connectivity index (χ0v) is 71.0. The van der Waals surface area contributed by atoms with Gasteiger partial charge in [0.1, 0.15) is 22.9 Å². The third kappa shape index (κ3) is 24.1. The van der Waals surface area contributed by atoms with Crippen molar-refractivity contribution in [2.45, 2.75) is 120 Å². The van der Waals surface area contributed by atoms with Crippen LogP contribution in [0.25, 0.3) is 0 Å². The summed E-state index contributed by atoms with van der Waals surface area (Å²) >= 11 is 11.9. The molecule has 11 aromatic rings. The topological polar surface area (TPSA) is 346 Å². The van der Waals surface area contributed by atoms with Gasteiger partial charge in [-0.1, -0.05) is 83.3 Å². The molecule has 5 aromatic carbocycles. The second-order valence-corrected chi connectivity index (χ2v) is 30.0. The molecule has 0 unspecified atom stereocenters. The van der Waals surface area contributed by atoms with E-state index >= 15 is 0 Å². The fourth-order valence-corrected chi connectivity index (χ4v) is 13.1. The molecular weight excluding hydrogens is 1640 g/mol. The Balaban J connectivity index is 0.000000142. The summed E-state index contributed by atoms with van der Waals surface area (Å²) in [6.07, 6.45) is 0.488. The molecule has 0 saturated carbocycles. The summed E-state index contributed by atoms with van der Waals surface area (Å²) in [4.78, 5) is 74.7. The molecule has 11 heterocycles. The summed E-state index contributed by atoms with van der Waals surface area (Å²) in [5.74, 6) is 34.6. The van der Waals surface area contributed by atoms with Crippen molar-refractivity contribution in [3.8, 4) is 71.3 Å². The van der Waals surface area contributed by atoms with E-state index in [1.807, 2.05) is 124 Å². The second kappa shape index (κ2) is 41.8. The minimum Gasteiger partial charge on any atom is -0.450 e. The Kier molecular flexibility index (Phi) is 29.8. The first-order chi connectivity index (χ1) is 60.3. The third-order valence-electron chi connectivity index (χ3n) is 19.0. The first-order valence-corrected chi connectivity index (χ1v) is 40.3. The van der Waals surface area contributed by atoms with Gasteiger partial charge >= 0.3 is 24.3 Å². The van der Waals surface area contributed by atoms with E-state index in [-0.39, 0.29) is 41.8 Å². The van der Waals surface area contributed by atoms with Crippen molar-refractivity contribution in [1.29, 1.82) is 10.5 Å². The molecule has 0 bridgehead atoms. The Bertz CT molecular complexity index is 6280. The van der Waals surface area contributed by atoms with Crippen molar-refractivity contribution < 1.29 is 47.0 Å².